The van der Waals surface area contributed by atoms with E-state index in [0.29, 0.717) is 24.6 Å². The lowest BCUT2D eigenvalue weighted by Crippen LogP contribution is -2.29. The molecule has 0 aromatic heterocycles. The van der Waals surface area contributed by atoms with E-state index in [4.69, 9.17) is 9.47 Å². The van der Waals surface area contributed by atoms with Crippen molar-refractivity contribution in [2.45, 2.75) is 51.4 Å². The van der Waals surface area contributed by atoms with Gasteiger partial charge in [-0.05, 0) is 62.2 Å². The zero-order valence-electron chi connectivity index (χ0n) is 25.5. The summed E-state index contributed by atoms with van der Waals surface area (Å²) in [6.45, 7) is 9.10. The maximum Gasteiger partial charge on any atom is 0.264 e. The summed E-state index contributed by atoms with van der Waals surface area (Å²) < 4.78 is 79.2. The fourth-order valence-corrected chi connectivity index (χ4v) is 7.06. The van der Waals surface area contributed by atoms with E-state index in [2.05, 4.69) is 37.2 Å². The average Bonchev–Trinajstić information content (AvgIpc) is 3.25. The first kappa shape index (κ1) is 32.7. The van der Waals surface area contributed by atoms with Crippen molar-refractivity contribution in [1.82, 2.24) is 0 Å². The van der Waals surface area contributed by atoms with E-state index in [9.17, 15) is 25.9 Å². The largest absolute Gasteiger partial charge is 0.748 e. The lowest BCUT2D eigenvalue weighted by atomic mass is 9.81. The number of rotatable bonds is 12. The van der Waals surface area contributed by atoms with Crippen LogP contribution in [0.1, 0.15) is 51.7 Å². The maximum atomic E-state index is 11.4. The number of anilines is 1. The van der Waals surface area contributed by atoms with Crippen LogP contribution in [0.3, 0.4) is 0 Å². The van der Waals surface area contributed by atoms with Crippen LogP contribution in [0.15, 0.2) is 60.3 Å². The Morgan fingerprint density at radius 1 is 0.907 bits per heavy atom. The molecule has 10 nitrogen and oxygen atoms in total. The molecule has 234 valence electrons. The monoisotopic (exact) mass is 632 g/mol. The number of hydrogen-bond donors (Lipinski definition) is 1. The number of fused-ring (bicyclic) bond motifs is 2. The van der Waals surface area contributed by atoms with Gasteiger partial charge in [0.05, 0.1) is 35.5 Å². The highest BCUT2D eigenvalue weighted by Crippen LogP contribution is 2.49. The molecule has 2 heterocycles. The lowest BCUT2D eigenvalue weighted by molar-refractivity contribution is -0.437. The minimum atomic E-state index is -4.35. The van der Waals surface area contributed by atoms with Crippen molar-refractivity contribution in [3.05, 3.63) is 71.5 Å². The minimum Gasteiger partial charge on any atom is -0.748 e. The Kier molecular flexibility index (Phi) is 9.18. The van der Waals surface area contributed by atoms with E-state index < -0.39 is 36.8 Å². The molecule has 2 aliphatic rings. The standard InChI is InChI=1S/C31H40N2O8S2/c1-30(2)24-20-22(40-5)12-14-26(24)32(16-8-18-42(34,35)36)28(30)10-7-11-29-31(3,4)25-21-23(41-6)13-15-27(25)33(29)17-9-19-43(37,38)39/h7,10-15,20-21H,8-9,16-19H2,1-6H3,(H-,34,35,36,37,38,39). The third kappa shape index (κ3) is 6.98. The van der Waals surface area contributed by atoms with E-state index in [0.717, 1.165) is 33.9 Å². The van der Waals surface area contributed by atoms with Gasteiger partial charge in [-0.15, -0.1) is 0 Å². The summed E-state index contributed by atoms with van der Waals surface area (Å²) >= 11 is 0. The number of methoxy groups -OCH3 is 2. The van der Waals surface area contributed by atoms with Crippen LogP contribution in [0.25, 0.3) is 0 Å². The van der Waals surface area contributed by atoms with Crippen molar-refractivity contribution in [2.24, 2.45) is 0 Å². The molecule has 0 amide bonds. The fraction of sp³-hybridized carbons (Fsp3) is 0.452. The van der Waals surface area contributed by atoms with Crippen LogP contribution in [-0.4, -0.2) is 75.0 Å². The summed E-state index contributed by atoms with van der Waals surface area (Å²) in [4.78, 5) is 2.07. The molecule has 0 aliphatic carbocycles. The second-order valence-corrected chi connectivity index (χ2v) is 15.0. The number of ether oxygens (including phenoxy) is 2. The third-order valence-corrected chi connectivity index (χ3v) is 9.86. The fourth-order valence-electron chi connectivity index (χ4n) is 6.08. The molecule has 0 unspecified atom stereocenters. The number of nitrogens with zero attached hydrogens (tertiary/aromatic N) is 2. The van der Waals surface area contributed by atoms with Gasteiger partial charge in [0.2, 0.25) is 5.69 Å². The van der Waals surface area contributed by atoms with Crippen molar-refractivity contribution >= 4 is 37.3 Å². The smallest absolute Gasteiger partial charge is 0.264 e. The summed E-state index contributed by atoms with van der Waals surface area (Å²) in [5.74, 6) is 0.627. The molecule has 0 bridgehead atoms. The molecule has 2 aromatic carbocycles. The Bertz CT molecular complexity index is 1700. The van der Waals surface area contributed by atoms with Gasteiger partial charge >= 0.3 is 0 Å². The van der Waals surface area contributed by atoms with Crippen molar-refractivity contribution in [3.63, 3.8) is 0 Å². The topological polar surface area (TPSA) is 136 Å². The molecule has 12 heteroatoms. The molecule has 43 heavy (non-hydrogen) atoms. The zero-order valence-corrected chi connectivity index (χ0v) is 27.1. The average molecular weight is 633 g/mol. The highest BCUT2D eigenvalue weighted by Gasteiger charge is 2.45. The van der Waals surface area contributed by atoms with Gasteiger partial charge in [-0.1, -0.05) is 19.9 Å². The molecule has 2 aromatic rings. The third-order valence-electron chi connectivity index (χ3n) is 8.27. The predicted molar refractivity (Wildman–Crippen MR) is 167 cm³/mol. The number of hydrogen-bond acceptors (Lipinski definition) is 8. The van der Waals surface area contributed by atoms with Gasteiger partial charge < -0.3 is 18.9 Å². The van der Waals surface area contributed by atoms with Gasteiger partial charge in [0.25, 0.3) is 10.1 Å². The van der Waals surface area contributed by atoms with E-state index in [1.54, 1.807) is 14.2 Å². The minimum absolute atomic E-state index is 0.178. The second-order valence-electron chi connectivity index (χ2n) is 11.9. The Morgan fingerprint density at radius 2 is 1.53 bits per heavy atom. The molecule has 0 saturated carbocycles. The lowest BCUT2D eigenvalue weighted by Gasteiger charge is -2.27. The normalized spacial score (nSPS) is 18.4. The van der Waals surface area contributed by atoms with Crippen molar-refractivity contribution in [1.29, 1.82) is 0 Å². The Hall–Kier alpha value is -3.19. The first-order valence-electron chi connectivity index (χ1n) is 14.1. The van der Waals surface area contributed by atoms with Crippen LogP contribution in [0.2, 0.25) is 0 Å². The Labute approximate surface area is 254 Å². The van der Waals surface area contributed by atoms with Crippen LogP contribution >= 0.6 is 0 Å². The SMILES string of the molecule is COc1ccc2c(c1)C(C)(C)C(/C=C/C=C1/N(CCCS(=O)(=O)O)c3ccc(OC)cc3C1(C)C)=[N+]2CCCS(=O)(=O)[O-]. The molecule has 0 fully saturated rings. The quantitative estimate of drug-likeness (QED) is 0.264. The second kappa shape index (κ2) is 12.1. The zero-order chi connectivity index (χ0) is 31.8. The summed E-state index contributed by atoms with van der Waals surface area (Å²) in [6, 6.07) is 11.6. The highest BCUT2D eigenvalue weighted by atomic mass is 32.2. The summed E-state index contributed by atoms with van der Waals surface area (Å²) in [5, 5.41) is 0. The van der Waals surface area contributed by atoms with Gasteiger partial charge in [0.15, 0.2) is 5.71 Å². The van der Waals surface area contributed by atoms with E-state index in [1.165, 1.54) is 0 Å². The summed E-state index contributed by atoms with van der Waals surface area (Å²) in [7, 11) is -5.23. The first-order chi connectivity index (χ1) is 20.0. The van der Waals surface area contributed by atoms with Crippen molar-refractivity contribution < 1.29 is 40.0 Å². The molecule has 4 rings (SSSR count). The number of benzene rings is 2. The summed E-state index contributed by atoms with van der Waals surface area (Å²) in [5.41, 5.74) is 4.91. The Morgan fingerprint density at radius 3 is 2.14 bits per heavy atom. The maximum absolute atomic E-state index is 11.4. The molecule has 0 atom stereocenters. The van der Waals surface area contributed by atoms with E-state index >= 15 is 0 Å². The van der Waals surface area contributed by atoms with Gasteiger partial charge in [0, 0.05) is 53.2 Å². The van der Waals surface area contributed by atoms with Crippen molar-refractivity contribution in [2.75, 3.05) is 43.7 Å². The molecule has 2 aliphatic heterocycles. The predicted octanol–water partition coefficient (Wildman–Crippen LogP) is 4.53. The highest BCUT2D eigenvalue weighted by molar-refractivity contribution is 7.85. The van der Waals surface area contributed by atoms with Gasteiger partial charge in [-0.25, -0.2) is 8.42 Å². The Balaban J connectivity index is 1.76. The van der Waals surface area contributed by atoms with Crippen molar-refractivity contribution in [3.8, 4) is 11.5 Å². The molecular weight excluding hydrogens is 592 g/mol. The molecule has 1 N–H and O–H groups in total. The number of allylic oxidation sites excluding steroid dienone is 4. The van der Waals surface area contributed by atoms with Gasteiger partial charge in [0.1, 0.15) is 18.0 Å². The summed E-state index contributed by atoms with van der Waals surface area (Å²) in [6.07, 6.45) is 6.37. The molecule has 0 saturated heterocycles. The van der Waals surface area contributed by atoms with Crippen LogP contribution in [0.4, 0.5) is 11.4 Å². The van der Waals surface area contributed by atoms with Crippen LogP contribution < -0.4 is 14.4 Å². The molecular formula is C31H40N2O8S2. The van der Waals surface area contributed by atoms with Gasteiger partial charge in [-0.3, -0.25) is 4.55 Å². The van der Waals surface area contributed by atoms with Crippen LogP contribution in [0.5, 0.6) is 11.5 Å². The van der Waals surface area contributed by atoms with Crippen LogP contribution in [-0.2, 0) is 31.1 Å². The van der Waals surface area contributed by atoms with Gasteiger partial charge in [-0.2, -0.15) is 13.0 Å². The molecule has 0 spiro atoms. The van der Waals surface area contributed by atoms with E-state index in [1.807, 2.05) is 54.6 Å². The van der Waals surface area contributed by atoms with E-state index in [-0.39, 0.29) is 18.6 Å². The van der Waals surface area contributed by atoms with Crippen LogP contribution in [0, 0.1) is 0 Å². The molecule has 0 radical (unpaired) electrons. The first-order valence-corrected chi connectivity index (χ1v) is 17.3.